The van der Waals surface area contributed by atoms with Crippen molar-refractivity contribution in [1.82, 2.24) is 4.90 Å². The lowest BCUT2D eigenvalue weighted by atomic mass is 10.0. The summed E-state index contributed by atoms with van der Waals surface area (Å²) >= 11 is 0. The number of allylic oxidation sites excluding steroid dienone is 4. The summed E-state index contributed by atoms with van der Waals surface area (Å²) in [7, 11) is 4.13. The van der Waals surface area contributed by atoms with E-state index in [0.717, 1.165) is 6.54 Å². The molecule has 1 atom stereocenters. The van der Waals surface area contributed by atoms with Gasteiger partial charge in [0.15, 0.2) is 0 Å². The predicted octanol–water partition coefficient (Wildman–Crippen LogP) is 2.87. The second-order valence-corrected chi connectivity index (χ2v) is 3.60. The molecule has 13 heavy (non-hydrogen) atoms. The van der Waals surface area contributed by atoms with Crippen molar-refractivity contribution in [3.63, 3.8) is 0 Å². The normalized spacial score (nSPS) is 14.5. The van der Waals surface area contributed by atoms with Crippen LogP contribution in [0.2, 0.25) is 0 Å². The van der Waals surface area contributed by atoms with Crippen molar-refractivity contribution in [2.45, 2.75) is 13.8 Å². The highest BCUT2D eigenvalue weighted by atomic mass is 15.0. The third kappa shape index (κ3) is 6.35. The van der Waals surface area contributed by atoms with Gasteiger partial charge < -0.3 is 4.90 Å². The summed E-state index contributed by atoms with van der Waals surface area (Å²) in [5, 5.41) is 0. The first-order valence-electron chi connectivity index (χ1n) is 4.69. The van der Waals surface area contributed by atoms with Crippen LogP contribution in [0.4, 0.5) is 0 Å². The van der Waals surface area contributed by atoms with E-state index < -0.39 is 0 Å². The van der Waals surface area contributed by atoms with Crippen LogP contribution < -0.4 is 0 Å². The minimum absolute atomic E-state index is 0.457. The molecular formula is C12H21N. The Morgan fingerprint density at radius 2 is 2.00 bits per heavy atom. The Morgan fingerprint density at radius 1 is 1.38 bits per heavy atom. The summed E-state index contributed by atoms with van der Waals surface area (Å²) in [6, 6.07) is 0. The Labute approximate surface area is 82.4 Å². The number of rotatable bonds is 5. The van der Waals surface area contributed by atoms with Crippen molar-refractivity contribution in [2.24, 2.45) is 5.92 Å². The zero-order valence-corrected chi connectivity index (χ0v) is 9.25. The zero-order valence-electron chi connectivity index (χ0n) is 9.25. The molecule has 0 rings (SSSR count). The van der Waals surface area contributed by atoms with Gasteiger partial charge >= 0.3 is 0 Å². The smallest absolute Gasteiger partial charge is 0.0189 e. The lowest BCUT2D eigenvalue weighted by molar-refractivity contribution is 0.433. The average Bonchev–Trinajstić information content (AvgIpc) is 2.03. The summed E-state index contributed by atoms with van der Waals surface area (Å²) in [5.41, 5.74) is 1.26. The Morgan fingerprint density at radius 3 is 2.46 bits per heavy atom. The van der Waals surface area contributed by atoms with E-state index in [-0.39, 0.29) is 0 Å². The third-order valence-corrected chi connectivity index (χ3v) is 1.87. The second-order valence-electron chi connectivity index (χ2n) is 3.60. The molecule has 0 N–H and O–H groups in total. The van der Waals surface area contributed by atoms with Gasteiger partial charge in [0.1, 0.15) is 0 Å². The molecule has 0 aliphatic heterocycles. The first-order valence-corrected chi connectivity index (χ1v) is 4.69. The van der Waals surface area contributed by atoms with Gasteiger partial charge in [0.25, 0.3) is 0 Å². The molecule has 0 aromatic carbocycles. The van der Waals surface area contributed by atoms with E-state index in [9.17, 15) is 0 Å². The van der Waals surface area contributed by atoms with Gasteiger partial charge in [0, 0.05) is 6.54 Å². The zero-order chi connectivity index (χ0) is 10.3. The van der Waals surface area contributed by atoms with Crippen LogP contribution in [0.25, 0.3) is 0 Å². The first kappa shape index (κ1) is 12.2. The Bertz CT molecular complexity index is 199. The van der Waals surface area contributed by atoms with E-state index in [0.29, 0.717) is 5.92 Å². The van der Waals surface area contributed by atoms with E-state index in [1.54, 1.807) is 0 Å². The van der Waals surface area contributed by atoms with Gasteiger partial charge in [0.05, 0.1) is 0 Å². The topological polar surface area (TPSA) is 3.24 Å². The molecule has 1 nitrogen and oxygen atoms in total. The summed E-state index contributed by atoms with van der Waals surface area (Å²) < 4.78 is 0. The van der Waals surface area contributed by atoms with Gasteiger partial charge in [-0.2, -0.15) is 0 Å². The van der Waals surface area contributed by atoms with Crippen LogP contribution in [-0.4, -0.2) is 25.5 Å². The summed E-state index contributed by atoms with van der Waals surface area (Å²) in [6.45, 7) is 9.21. The van der Waals surface area contributed by atoms with Crippen LogP contribution in [0.3, 0.4) is 0 Å². The molecule has 0 aliphatic carbocycles. The molecule has 74 valence electrons. The molecule has 1 unspecified atom stereocenters. The van der Waals surface area contributed by atoms with E-state index in [1.807, 2.05) is 19.1 Å². The molecule has 0 saturated carbocycles. The lowest BCUT2D eigenvalue weighted by Gasteiger charge is -2.15. The molecule has 0 aromatic rings. The van der Waals surface area contributed by atoms with Crippen molar-refractivity contribution >= 4 is 0 Å². The standard InChI is InChI=1S/C12H21N/c1-6-7-8-9-11(2)12(3)10-13(4)5/h6-9,11H,3,10H2,1-2,4-5H3/b7-6-,9-8-. The summed E-state index contributed by atoms with van der Waals surface area (Å²) in [5.74, 6) is 0.457. The lowest BCUT2D eigenvalue weighted by Crippen LogP contribution is -2.17. The largest absolute Gasteiger partial charge is 0.305 e. The van der Waals surface area contributed by atoms with Crippen molar-refractivity contribution in [3.05, 3.63) is 36.5 Å². The monoisotopic (exact) mass is 179 g/mol. The van der Waals surface area contributed by atoms with Gasteiger partial charge in [0.2, 0.25) is 0 Å². The van der Waals surface area contributed by atoms with Crippen molar-refractivity contribution in [3.8, 4) is 0 Å². The highest BCUT2D eigenvalue weighted by Crippen LogP contribution is 2.10. The highest BCUT2D eigenvalue weighted by molar-refractivity contribution is 5.13. The van der Waals surface area contributed by atoms with Gasteiger partial charge in [-0.1, -0.05) is 43.4 Å². The molecule has 1 heteroatoms. The quantitative estimate of drug-likeness (QED) is 0.463. The van der Waals surface area contributed by atoms with Crippen LogP contribution in [0.5, 0.6) is 0 Å². The molecule has 0 spiro atoms. The number of nitrogens with zero attached hydrogens (tertiary/aromatic N) is 1. The molecule has 0 aromatic heterocycles. The molecule has 0 amide bonds. The number of hydrogen-bond donors (Lipinski definition) is 0. The van der Waals surface area contributed by atoms with E-state index >= 15 is 0 Å². The fourth-order valence-electron chi connectivity index (χ4n) is 1.03. The fraction of sp³-hybridized carbons (Fsp3) is 0.500. The fourth-order valence-corrected chi connectivity index (χ4v) is 1.03. The molecule has 0 aliphatic rings. The van der Waals surface area contributed by atoms with Gasteiger partial charge in [-0.05, 0) is 26.9 Å². The summed E-state index contributed by atoms with van der Waals surface area (Å²) in [4.78, 5) is 2.14. The second kappa shape index (κ2) is 6.67. The number of hydrogen-bond acceptors (Lipinski definition) is 1. The average molecular weight is 179 g/mol. The maximum absolute atomic E-state index is 4.06. The Balaban J connectivity index is 3.96. The van der Waals surface area contributed by atoms with Crippen molar-refractivity contribution < 1.29 is 0 Å². The molecule has 0 bridgehead atoms. The Hall–Kier alpha value is -0.820. The van der Waals surface area contributed by atoms with Crippen LogP contribution in [0.1, 0.15) is 13.8 Å². The molecule has 0 fully saturated rings. The maximum Gasteiger partial charge on any atom is 0.0189 e. The van der Waals surface area contributed by atoms with Gasteiger partial charge in [-0.15, -0.1) is 0 Å². The van der Waals surface area contributed by atoms with Crippen LogP contribution in [0, 0.1) is 5.92 Å². The van der Waals surface area contributed by atoms with Crippen LogP contribution in [-0.2, 0) is 0 Å². The molecule has 0 heterocycles. The molecule has 0 saturated heterocycles. The van der Waals surface area contributed by atoms with Crippen molar-refractivity contribution in [2.75, 3.05) is 20.6 Å². The molecular weight excluding hydrogens is 158 g/mol. The minimum atomic E-state index is 0.457. The third-order valence-electron chi connectivity index (χ3n) is 1.87. The first-order chi connectivity index (χ1) is 6.07. The van der Waals surface area contributed by atoms with E-state index in [1.165, 1.54) is 5.57 Å². The van der Waals surface area contributed by atoms with Crippen molar-refractivity contribution in [1.29, 1.82) is 0 Å². The van der Waals surface area contributed by atoms with Gasteiger partial charge in [-0.25, -0.2) is 0 Å². The van der Waals surface area contributed by atoms with Gasteiger partial charge in [-0.3, -0.25) is 0 Å². The summed E-state index contributed by atoms with van der Waals surface area (Å²) in [6.07, 6.45) is 8.31. The maximum atomic E-state index is 4.06. The highest BCUT2D eigenvalue weighted by Gasteiger charge is 2.02. The minimum Gasteiger partial charge on any atom is -0.305 e. The van der Waals surface area contributed by atoms with Crippen LogP contribution in [0.15, 0.2) is 36.5 Å². The Kier molecular flexibility index (Phi) is 6.25. The van der Waals surface area contributed by atoms with E-state index in [4.69, 9.17) is 0 Å². The predicted molar refractivity (Wildman–Crippen MR) is 60.8 cm³/mol. The molecule has 0 radical (unpaired) electrons. The van der Waals surface area contributed by atoms with E-state index in [2.05, 4.69) is 44.6 Å². The SMILES string of the molecule is C=C(CN(C)C)C(C)/C=C\C=C/C. The number of likely N-dealkylation sites (N-methyl/N-ethyl adjacent to an activating group) is 1. The van der Waals surface area contributed by atoms with Crippen LogP contribution >= 0.6 is 0 Å².